The Morgan fingerprint density at radius 2 is 2.20 bits per heavy atom. The molecular formula is C13H15IN2O3S. The topological polar surface area (TPSA) is 69.6 Å². The standard InChI is InChI=1S/C13H15IN2O3S/c14-9-3-1-2-4-10(9)15-12(17)7-16-5-6-20-8-11(16)13(18)19/h1-4,11H,5-8H2,(H,15,17)(H,18,19). The van der Waals surface area contributed by atoms with Crippen LogP contribution in [0.4, 0.5) is 5.69 Å². The number of nitrogens with one attached hydrogen (secondary N) is 1. The molecule has 20 heavy (non-hydrogen) atoms. The first kappa shape index (κ1) is 15.6. The predicted octanol–water partition coefficient (Wildman–Crippen LogP) is 1.73. The van der Waals surface area contributed by atoms with Crippen LogP contribution in [0.2, 0.25) is 0 Å². The summed E-state index contributed by atoms with van der Waals surface area (Å²) in [7, 11) is 0. The number of carbonyl (C=O) groups excluding carboxylic acids is 1. The van der Waals surface area contributed by atoms with Gasteiger partial charge in [-0.15, -0.1) is 0 Å². The van der Waals surface area contributed by atoms with Crippen LogP contribution in [0.1, 0.15) is 0 Å². The Kier molecular flexibility index (Phi) is 5.67. The van der Waals surface area contributed by atoms with E-state index in [4.69, 9.17) is 5.11 Å². The number of nitrogens with zero attached hydrogens (tertiary/aromatic N) is 1. The lowest BCUT2D eigenvalue weighted by Gasteiger charge is -2.31. The van der Waals surface area contributed by atoms with Crippen LogP contribution < -0.4 is 5.32 Å². The SMILES string of the molecule is O=C(CN1CCSCC1C(=O)O)Nc1ccccc1I. The molecule has 1 aliphatic heterocycles. The summed E-state index contributed by atoms with van der Waals surface area (Å²) < 4.78 is 0.961. The number of rotatable bonds is 4. The largest absolute Gasteiger partial charge is 0.480 e. The Labute approximate surface area is 135 Å². The van der Waals surface area contributed by atoms with E-state index in [9.17, 15) is 9.59 Å². The van der Waals surface area contributed by atoms with Crippen LogP contribution in [0.5, 0.6) is 0 Å². The lowest BCUT2D eigenvalue weighted by molar-refractivity contribution is -0.142. The number of anilines is 1. The first-order chi connectivity index (χ1) is 9.58. The molecule has 1 heterocycles. The highest BCUT2D eigenvalue weighted by molar-refractivity contribution is 14.1. The maximum Gasteiger partial charge on any atom is 0.321 e. The fourth-order valence-corrected chi connectivity index (χ4v) is 3.62. The molecule has 0 spiro atoms. The van der Waals surface area contributed by atoms with Crippen molar-refractivity contribution in [2.24, 2.45) is 0 Å². The van der Waals surface area contributed by atoms with Crippen molar-refractivity contribution in [2.75, 3.05) is 29.9 Å². The number of carboxylic acid groups (broad SMARTS) is 1. The van der Waals surface area contributed by atoms with Crippen molar-refractivity contribution >= 4 is 51.9 Å². The van der Waals surface area contributed by atoms with Gasteiger partial charge in [-0.1, -0.05) is 12.1 Å². The van der Waals surface area contributed by atoms with E-state index < -0.39 is 12.0 Å². The third kappa shape index (κ3) is 4.10. The molecule has 1 unspecified atom stereocenters. The molecule has 0 saturated carbocycles. The number of amides is 1. The maximum atomic E-state index is 12.0. The van der Waals surface area contributed by atoms with E-state index >= 15 is 0 Å². The molecule has 0 aromatic heterocycles. The van der Waals surface area contributed by atoms with Crippen LogP contribution in [-0.2, 0) is 9.59 Å². The Hall–Kier alpha value is -0.800. The van der Waals surface area contributed by atoms with Crippen LogP contribution >= 0.6 is 34.4 Å². The molecule has 1 fully saturated rings. The van der Waals surface area contributed by atoms with Crippen molar-refractivity contribution in [3.63, 3.8) is 0 Å². The van der Waals surface area contributed by atoms with Gasteiger partial charge in [0, 0.05) is 21.6 Å². The molecule has 2 rings (SSSR count). The number of carbonyl (C=O) groups is 2. The van der Waals surface area contributed by atoms with E-state index in [1.54, 1.807) is 16.7 Å². The second-order valence-electron chi connectivity index (χ2n) is 4.43. The third-order valence-electron chi connectivity index (χ3n) is 3.02. The normalized spacial score (nSPS) is 19.6. The zero-order valence-electron chi connectivity index (χ0n) is 10.7. The van der Waals surface area contributed by atoms with Crippen LogP contribution in [-0.4, -0.2) is 52.5 Å². The van der Waals surface area contributed by atoms with Gasteiger partial charge in [-0.2, -0.15) is 11.8 Å². The van der Waals surface area contributed by atoms with Crippen LogP contribution in [0, 0.1) is 3.57 Å². The van der Waals surface area contributed by atoms with E-state index in [-0.39, 0.29) is 12.5 Å². The number of hydrogen-bond acceptors (Lipinski definition) is 4. The summed E-state index contributed by atoms with van der Waals surface area (Å²) in [5.74, 6) is 0.359. The summed E-state index contributed by atoms with van der Waals surface area (Å²) in [6, 6.07) is 6.93. The first-order valence-corrected chi connectivity index (χ1v) is 8.40. The van der Waals surface area contributed by atoms with E-state index in [0.29, 0.717) is 12.3 Å². The van der Waals surface area contributed by atoms with Gasteiger partial charge in [-0.3, -0.25) is 14.5 Å². The molecule has 1 amide bonds. The Morgan fingerprint density at radius 3 is 2.90 bits per heavy atom. The molecule has 0 bridgehead atoms. The lowest BCUT2D eigenvalue weighted by Crippen LogP contribution is -2.50. The molecule has 108 valence electrons. The summed E-state index contributed by atoms with van der Waals surface area (Å²) in [6.45, 7) is 0.740. The van der Waals surface area contributed by atoms with E-state index in [2.05, 4.69) is 27.9 Å². The smallest absolute Gasteiger partial charge is 0.321 e. The molecule has 0 radical (unpaired) electrons. The minimum atomic E-state index is -0.862. The summed E-state index contributed by atoms with van der Waals surface area (Å²) in [6.07, 6.45) is 0. The van der Waals surface area contributed by atoms with Gasteiger partial charge in [0.1, 0.15) is 6.04 Å². The van der Waals surface area contributed by atoms with Crippen molar-refractivity contribution in [2.45, 2.75) is 6.04 Å². The zero-order chi connectivity index (χ0) is 14.5. The fourth-order valence-electron chi connectivity index (χ4n) is 1.99. The van der Waals surface area contributed by atoms with Gasteiger partial charge in [-0.05, 0) is 34.7 Å². The number of carboxylic acids is 1. The van der Waals surface area contributed by atoms with E-state index in [1.807, 2.05) is 24.3 Å². The number of halogens is 1. The second-order valence-corrected chi connectivity index (χ2v) is 6.74. The number of aliphatic carboxylic acids is 1. The molecule has 5 nitrogen and oxygen atoms in total. The molecular weight excluding hydrogens is 391 g/mol. The van der Waals surface area contributed by atoms with Crippen molar-refractivity contribution in [3.05, 3.63) is 27.8 Å². The van der Waals surface area contributed by atoms with Crippen molar-refractivity contribution < 1.29 is 14.7 Å². The molecule has 1 aromatic carbocycles. The minimum Gasteiger partial charge on any atom is -0.480 e. The van der Waals surface area contributed by atoms with Crippen LogP contribution in [0.3, 0.4) is 0 Å². The van der Waals surface area contributed by atoms with Gasteiger partial charge < -0.3 is 10.4 Å². The quantitative estimate of drug-likeness (QED) is 0.746. The van der Waals surface area contributed by atoms with Crippen molar-refractivity contribution in [1.82, 2.24) is 4.90 Å². The average Bonchev–Trinajstić information content (AvgIpc) is 2.41. The molecule has 2 N–H and O–H groups in total. The maximum absolute atomic E-state index is 12.0. The van der Waals surface area contributed by atoms with Gasteiger partial charge in [0.25, 0.3) is 0 Å². The van der Waals surface area contributed by atoms with Gasteiger partial charge in [0.05, 0.1) is 12.2 Å². The molecule has 1 saturated heterocycles. The Bertz CT molecular complexity index is 512. The number of benzene rings is 1. The van der Waals surface area contributed by atoms with Crippen LogP contribution in [0.15, 0.2) is 24.3 Å². The number of hydrogen-bond donors (Lipinski definition) is 2. The van der Waals surface area contributed by atoms with Gasteiger partial charge in [0.2, 0.25) is 5.91 Å². The number of para-hydroxylation sites is 1. The molecule has 1 aliphatic rings. The third-order valence-corrected chi connectivity index (χ3v) is 4.98. The zero-order valence-corrected chi connectivity index (χ0v) is 13.7. The van der Waals surface area contributed by atoms with Crippen molar-refractivity contribution in [3.8, 4) is 0 Å². The summed E-state index contributed by atoms with van der Waals surface area (Å²) in [4.78, 5) is 24.9. The fraction of sp³-hybridized carbons (Fsp3) is 0.385. The van der Waals surface area contributed by atoms with Gasteiger partial charge in [-0.25, -0.2) is 0 Å². The monoisotopic (exact) mass is 406 g/mol. The van der Waals surface area contributed by atoms with Gasteiger partial charge >= 0.3 is 5.97 Å². The lowest BCUT2D eigenvalue weighted by atomic mass is 10.2. The predicted molar refractivity (Wildman–Crippen MR) is 88.1 cm³/mol. The molecule has 1 atom stereocenters. The highest BCUT2D eigenvalue weighted by atomic mass is 127. The molecule has 1 aromatic rings. The highest BCUT2D eigenvalue weighted by Gasteiger charge is 2.30. The Morgan fingerprint density at radius 1 is 1.45 bits per heavy atom. The summed E-state index contributed by atoms with van der Waals surface area (Å²) in [5.41, 5.74) is 0.761. The Balaban J connectivity index is 1.96. The van der Waals surface area contributed by atoms with E-state index in [1.165, 1.54) is 0 Å². The average molecular weight is 406 g/mol. The minimum absolute atomic E-state index is 0.114. The van der Waals surface area contributed by atoms with E-state index in [0.717, 1.165) is 15.0 Å². The summed E-state index contributed by atoms with van der Waals surface area (Å²) in [5, 5.41) is 12.0. The van der Waals surface area contributed by atoms with Crippen molar-refractivity contribution in [1.29, 1.82) is 0 Å². The first-order valence-electron chi connectivity index (χ1n) is 6.17. The molecule has 7 heteroatoms. The van der Waals surface area contributed by atoms with Gasteiger partial charge in [0.15, 0.2) is 0 Å². The number of thioether (sulfide) groups is 1. The summed E-state index contributed by atoms with van der Waals surface area (Å²) >= 11 is 3.77. The second kappa shape index (κ2) is 7.28. The molecule has 0 aliphatic carbocycles. The highest BCUT2D eigenvalue weighted by Crippen LogP contribution is 2.19. The van der Waals surface area contributed by atoms with Crippen LogP contribution in [0.25, 0.3) is 0 Å².